The van der Waals surface area contributed by atoms with Crippen molar-refractivity contribution in [2.24, 2.45) is 0 Å². The number of imidazole rings is 1. The second kappa shape index (κ2) is 3.13. The first-order chi connectivity index (χ1) is 5.66. The number of nitrogens with zero attached hydrogens (tertiary/aromatic N) is 1. The largest absolute Gasteiger partial charge is 0.342 e. The summed E-state index contributed by atoms with van der Waals surface area (Å²) in [7, 11) is 0. The van der Waals surface area contributed by atoms with Crippen LogP contribution in [0, 0.1) is 14.1 Å². The Bertz CT molecular complexity index is 434. The Hall–Kier alpha value is 0.150. The molecule has 62 valence electrons. The van der Waals surface area contributed by atoms with E-state index in [0.29, 0.717) is 0 Å². The molecular weight excluding hydrogens is 378 g/mol. The van der Waals surface area contributed by atoms with E-state index < -0.39 is 0 Å². The van der Waals surface area contributed by atoms with Gasteiger partial charge in [0.25, 0.3) is 0 Å². The molecule has 0 radical (unpaired) electrons. The first-order valence-corrected chi connectivity index (χ1v) is 5.64. The molecule has 0 aliphatic rings. The third kappa shape index (κ3) is 1.46. The van der Waals surface area contributed by atoms with E-state index in [1.54, 1.807) is 0 Å². The summed E-state index contributed by atoms with van der Waals surface area (Å²) >= 11 is 4.62. The first kappa shape index (κ1) is 8.74. The second-order valence-electron chi connectivity index (χ2n) is 2.61. The van der Waals surface area contributed by atoms with Crippen LogP contribution in [0.15, 0.2) is 12.1 Å². The van der Waals surface area contributed by atoms with Gasteiger partial charge in [-0.3, -0.25) is 0 Å². The number of hydrogen-bond donors (Lipinski definition) is 1. The number of aryl methyl sites for hydroxylation is 1. The number of benzene rings is 1. The Labute approximate surface area is 97.4 Å². The third-order valence-electron chi connectivity index (χ3n) is 1.62. The van der Waals surface area contributed by atoms with Crippen LogP contribution in [0.3, 0.4) is 0 Å². The molecule has 1 aromatic heterocycles. The van der Waals surface area contributed by atoms with Crippen LogP contribution < -0.4 is 0 Å². The minimum atomic E-state index is 0.977. The van der Waals surface area contributed by atoms with E-state index >= 15 is 0 Å². The average Bonchev–Trinajstić information content (AvgIpc) is 2.29. The van der Waals surface area contributed by atoms with Gasteiger partial charge in [-0.2, -0.15) is 0 Å². The van der Waals surface area contributed by atoms with E-state index in [-0.39, 0.29) is 0 Å². The van der Waals surface area contributed by atoms with Gasteiger partial charge in [0.15, 0.2) is 0 Å². The molecule has 0 unspecified atom stereocenters. The summed E-state index contributed by atoms with van der Waals surface area (Å²) in [5, 5.41) is 0. The quantitative estimate of drug-likeness (QED) is 0.696. The van der Waals surface area contributed by atoms with Gasteiger partial charge >= 0.3 is 0 Å². The smallest absolute Gasteiger partial charge is 0.104 e. The van der Waals surface area contributed by atoms with Crippen LogP contribution in [0.4, 0.5) is 0 Å². The van der Waals surface area contributed by atoms with E-state index in [9.17, 15) is 0 Å². The molecule has 2 nitrogen and oxygen atoms in total. The molecule has 1 heterocycles. The molecule has 0 fully saturated rings. The number of H-pyrrole nitrogens is 1. The predicted octanol–water partition coefficient (Wildman–Crippen LogP) is 3.08. The van der Waals surface area contributed by atoms with Crippen molar-refractivity contribution in [3.8, 4) is 0 Å². The number of fused-ring (bicyclic) bond motifs is 1. The Morgan fingerprint density at radius 1 is 1.33 bits per heavy atom. The summed E-state index contributed by atoms with van der Waals surface area (Å²) in [6, 6.07) is 4.24. The maximum atomic E-state index is 4.39. The molecule has 0 bridgehead atoms. The fourth-order valence-corrected chi connectivity index (χ4v) is 3.13. The molecule has 4 heteroatoms. The van der Waals surface area contributed by atoms with Crippen molar-refractivity contribution in [2.45, 2.75) is 6.92 Å². The molecular formula is C8H6I2N2. The lowest BCUT2D eigenvalue weighted by Gasteiger charge is -1.93. The Kier molecular flexibility index (Phi) is 2.28. The van der Waals surface area contributed by atoms with Gasteiger partial charge < -0.3 is 4.98 Å². The van der Waals surface area contributed by atoms with Crippen LogP contribution in [0.5, 0.6) is 0 Å². The van der Waals surface area contributed by atoms with Crippen molar-refractivity contribution in [1.82, 2.24) is 9.97 Å². The number of aromatic nitrogens is 2. The minimum absolute atomic E-state index is 0.977. The molecule has 0 spiro atoms. The van der Waals surface area contributed by atoms with Gasteiger partial charge in [0.1, 0.15) is 11.3 Å². The maximum absolute atomic E-state index is 4.39. The zero-order valence-electron chi connectivity index (χ0n) is 6.36. The van der Waals surface area contributed by atoms with Crippen LogP contribution in [-0.2, 0) is 0 Å². The Morgan fingerprint density at radius 2 is 2.08 bits per heavy atom. The molecule has 0 saturated heterocycles. The fraction of sp³-hybridized carbons (Fsp3) is 0.125. The molecule has 1 aromatic carbocycles. The SMILES string of the molecule is Cc1nc2c(I)cc(I)cc2[nH]1. The van der Waals surface area contributed by atoms with Crippen molar-refractivity contribution in [3.63, 3.8) is 0 Å². The van der Waals surface area contributed by atoms with Crippen LogP contribution >= 0.6 is 45.2 Å². The van der Waals surface area contributed by atoms with Crippen LogP contribution in [-0.4, -0.2) is 9.97 Å². The lowest BCUT2D eigenvalue weighted by Crippen LogP contribution is -1.78. The molecule has 1 N–H and O–H groups in total. The maximum Gasteiger partial charge on any atom is 0.104 e. The first-order valence-electron chi connectivity index (χ1n) is 3.48. The highest BCUT2D eigenvalue weighted by Crippen LogP contribution is 2.21. The molecule has 2 rings (SSSR count). The van der Waals surface area contributed by atoms with Gasteiger partial charge in [0.2, 0.25) is 0 Å². The summed E-state index contributed by atoms with van der Waals surface area (Å²) in [4.78, 5) is 7.61. The summed E-state index contributed by atoms with van der Waals surface area (Å²) in [6.07, 6.45) is 0. The normalized spacial score (nSPS) is 10.9. The van der Waals surface area contributed by atoms with Gasteiger partial charge in [-0.05, 0) is 64.2 Å². The zero-order valence-corrected chi connectivity index (χ0v) is 10.7. The van der Waals surface area contributed by atoms with E-state index in [1.165, 1.54) is 7.14 Å². The highest BCUT2D eigenvalue weighted by atomic mass is 127. The second-order valence-corrected chi connectivity index (χ2v) is 5.01. The number of halogens is 2. The van der Waals surface area contributed by atoms with Crippen molar-refractivity contribution in [3.05, 3.63) is 25.1 Å². The fourth-order valence-electron chi connectivity index (χ4n) is 1.17. The van der Waals surface area contributed by atoms with Crippen LogP contribution in [0.25, 0.3) is 11.0 Å². The summed E-state index contributed by atoms with van der Waals surface area (Å²) in [5.41, 5.74) is 2.21. The van der Waals surface area contributed by atoms with E-state index in [0.717, 1.165) is 16.9 Å². The topological polar surface area (TPSA) is 28.7 Å². The van der Waals surface area contributed by atoms with Gasteiger partial charge in [0.05, 0.1) is 5.52 Å². The summed E-state index contributed by atoms with van der Waals surface area (Å²) in [5.74, 6) is 0.977. The molecule has 0 atom stereocenters. The van der Waals surface area contributed by atoms with Gasteiger partial charge in [-0.1, -0.05) is 0 Å². The monoisotopic (exact) mass is 384 g/mol. The highest BCUT2D eigenvalue weighted by Gasteiger charge is 2.03. The van der Waals surface area contributed by atoms with Crippen LogP contribution in [0.2, 0.25) is 0 Å². The van der Waals surface area contributed by atoms with Crippen molar-refractivity contribution >= 4 is 56.2 Å². The number of rotatable bonds is 0. The number of hydrogen-bond acceptors (Lipinski definition) is 1. The van der Waals surface area contributed by atoms with E-state index in [1.807, 2.05) is 6.92 Å². The van der Waals surface area contributed by atoms with Crippen molar-refractivity contribution in [2.75, 3.05) is 0 Å². The average molecular weight is 384 g/mol. The Balaban J connectivity index is 2.88. The van der Waals surface area contributed by atoms with Crippen LogP contribution in [0.1, 0.15) is 5.82 Å². The molecule has 0 aliphatic heterocycles. The lowest BCUT2D eigenvalue weighted by atomic mass is 10.3. The summed E-state index contributed by atoms with van der Waals surface area (Å²) in [6.45, 7) is 1.98. The Morgan fingerprint density at radius 3 is 2.83 bits per heavy atom. The molecule has 0 amide bonds. The van der Waals surface area contributed by atoms with E-state index in [2.05, 4.69) is 67.3 Å². The van der Waals surface area contributed by atoms with Crippen molar-refractivity contribution < 1.29 is 0 Å². The standard InChI is InChI=1S/C8H6I2N2/c1-4-11-7-3-5(9)2-6(10)8(7)12-4/h2-3H,1H3,(H,11,12). The third-order valence-corrected chi connectivity index (χ3v) is 3.07. The van der Waals surface area contributed by atoms with Gasteiger partial charge in [0, 0.05) is 7.14 Å². The highest BCUT2D eigenvalue weighted by molar-refractivity contribution is 14.1. The van der Waals surface area contributed by atoms with Gasteiger partial charge in [-0.25, -0.2) is 4.98 Å². The van der Waals surface area contributed by atoms with Gasteiger partial charge in [-0.15, -0.1) is 0 Å². The lowest BCUT2D eigenvalue weighted by molar-refractivity contribution is 1.17. The molecule has 0 aliphatic carbocycles. The predicted molar refractivity (Wildman–Crippen MR) is 66.3 cm³/mol. The molecule has 12 heavy (non-hydrogen) atoms. The van der Waals surface area contributed by atoms with E-state index in [4.69, 9.17) is 0 Å². The molecule has 0 saturated carbocycles. The zero-order chi connectivity index (χ0) is 8.72. The minimum Gasteiger partial charge on any atom is -0.342 e. The summed E-state index contributed by atoms with van der Waals surface area (Å²) < 4.78 is 2.45. The van der Waals surface area contributed by atoms with Crippen molar-refractivity contribution in [1.29, 1.82) is 0 Å². The number of aromatic amines is 1. The number of nitrogens with one attached hydrogen (secondary N) is 1. The molecule has 2 aromatic rings.